The molecule has 1 heteroatoms. The van der Waals surface area contributed by atoms with Crippen LogP contribution in [-0.2, 0) is 6.42 Å². The molecule has 2 rings (SSSR count). The molecule has 21 heavy (non-hydrogen) atoms. The van der Waals surface area contributed by atoms with Crippen LogP contribution in [0.4, 0.5) is 0 Å². The molecule has 2 aromatic carbocycles. The van der Waals surface area contributed by atoms with Crippen LogP contribution in [0, 0.1) is 0 Å². The predicted octanol–water partition coefficient (Wildman–Crippen LogP) is 5.78. The van der Waals surface area contributed by atoms with Gasteiger partial charge in [0.1, 0.15) is 5.75 Å². The Morgan fingerprint density at radius 3 is 2.62 bits per heavy atom. The molecule has 0 aliphatic carbocycles. The van der Waals surface area contributed by atoms with Gasteiger partial charge in [-0.05, 0) is 56.4 Å². The van der Waals surface area contributed by atoms with Crippen molar-refractivity contribution in [3.8, 4) is 5.75 Å². The van der Waals surface area contributed by atoms with Gasteiger partial charge in [0, 0.05) is 5.56 Å². The van der Waals surface area contributed by atoms with Gasteiger partial charge in [-0.2, -0.15) is 0 Å². The monoisotopic (exact) mass is 280 g/mol. The number of aromatic hydroxyl groups is 1. The Labute approximate surface area is 127 Å². The van der Waals surface area contributed by atoms with Gasteiger partial charge in [-0.25, -0.2) is 0 Å². The van der Waals surface area contributed by atoms with E-state index < -0.39 is 0 Å². The molecule has 110 valence electrons. The van der Waals surface area contributed by atoms with E-state index >= 15 is 0 Å². The first kappa shape index (κ1) is 15.4. The van der Waals surface area contributed by atoms with Gasteiger partial charge in [-0.15, -0.1) is 0 Å². The van der Waals surface area contributed by atoms with Crippen LogP contribution < -0.4 is 0 Å². The first-order valence-electron chi connectivity index (χ1n) is 7.57. The Morgan fingerprint density at radius 1 is 1.10 bits per heavy atom. The van der Waals surface area contributed by atoms with Crippen LogP contribution in [0.3, 0.4) is 0 Å². The number of hydrogen-bond acceptors (Lipinski definition) is 1. The Balaban J connectivity index is 2.05. The van der Waals surface area contributed by atoms with Gasteiger partial charge in [-0.1, -0.05) is 54.1 Å². The van der Waals surface area contributed by atoms with Gasteiger partial charge in [0.25, 0.3) is 0 Å². The topological polar surface area (TPSA) is 20.2 Å². The van der Waals surface area contributed by atoms with Crippen LogP contribution in [0.2, 0.25) is 0 Å². The van der Waals surface area contributed by atoms with Crippen LogP contribution in [0.25, 0.3) is 10.8 Å². The molecule has 0 heterocycles. The van der Waals surface area contributed by atoms with Crippen LogP contribution in [0.15, 0.2) is 60.2 Å². The summed E-state index contributed by atoms with van der Waals surface area (Å²) in [7, 11) is 0. The van der Waals surface area contributed by atoms with E-state index in [0.29, 0.717) is 5.75 Å². The average Bonchev–Trinajstić information content (AvgIpc) is 2.46. The molecule has 0 saturated heterocycles. The number of phenolic OH excluding ortho intramolecular Hbond substituents is 1. The number of rotatable bonds is 6. The Bertz CT molecular complexity index is 661. The first-order valence-corrected chi connectivity index (χ1v) is 7.57. The number of fused-ring (bicyclic) bond motifs is 1. The molecule has 0 fully saturated rings. The van der Waals surface area contributed by atoms with Crippen molar-refractivity contribution in [1.82, 2.24) is 0 Å². The summed E-state index contributed by atoms with van der Waals surface area (Å²) in [5, 5.41) is 12.5. The summed E-state index contributed by atoms with van der Waals surface area (Å²) in [5.74, 6) is 0.394. The molecule has 0 atom stereocenters. The maximum Gasteiger partial charge on any atom is 0.119 e. The number of aryl methyl sites for hydroxylation is 1. The Morgan fingerprint density at radius 2 is 1.86 bits per heavy atom. The fraction of sp³-hybridized carbons (Fsp3) is 0.300. The maximum atomic E-state index is 10.1. The second-order valence-electron chi connectivity index (χ2n) is 5.85. The van der Waals surface area contributed by atoms with E-state index in [1.54, 1.807) is 6.07 Å². The molecule has 0 saturated carbocycles. The van der Waals surface area contributed by atoms with Crippen molar-refractivity contribution < 1.29 is 5.11 Å². The smallest absolute Gasteiger partial charge is 0.119 e. The highest BCUT2D eigenvalue weighted by Crippen LogP contribution is 2.29. The average molecular weight is 280 g/mol. The largest absolute Gasteiger partial charge is 0.508 e. The molecule has 0 aliphatic heterocycles. The fourth-order valence-electron chi connectivity index (χ4n) is 2.58. The standard InChI is InChI=1S/C20H24O/c1-15(2)7-6-8-16(3)11-13-19-18-10-5-4-9-17(18)12-14-20(19)21/h4-5,7,9-10,12,14,21H,3,6,8,11,13H2,1-2H3. The highest BCUT2D eigenvalue weighted by atomic mass is 16.3. The molecule has 2 aromatic rings. The molecule has 0 amide bonds. The first-order chi connectivity index (χ1) is 10.1. The van der Waals surface area contributed by atoms with Crippen molar-refractivity contribution in [1.29, 1.82) is 0 Å². The van der Waals surface area contributed by atoms with E-state index in [1.165, 1.54) is 16.5 Å². The highest BCUT2D eigenvalue weighted by molar-refractivity contribution is 5.87. The molecular formula is C20H24O. The van der Waals surface area contributed by atoms with Crippen LogP contribution in [0.1, 0.15) is 38.7 Å². The summed E-state index contributed by atoms with van der Waals surface area (Å²) in [4.78, 5) is 0. The van der Waals surface area contributed by atoms with Crippen molar-refractivity contribution in [3.05, 3.63) is 65.8 Å². The van der Waals surface area contributed by atoms with Crippen LogP contribution in [-0.4, -0.2) is 5.11 Å². The van der Waals surface area contributed by atoms with Crippen molar-refractivity contribution in [2.24, 2.45) is 0 Å². The molecule has 1 nitrogen and oxygen atoms in total. The molecule has 0 unspecified atom stereocenters. The van der Waals surface area contributed by atoms with Gasteiger partial charge in [0.2, 0.25) is 0 Å². The molecule has 0 spiro atoms. The van der Waals surface area contributed by atoms with E-state index in [2.05, 4.69) is 38.6 Å². The number of benzene rings is 2. The van der Waals surface area contributed by atoms with Gasteiger partial charge in [0.05, 0.1) is 0 Å². The maximum absolute atomic E-state index is 10.1. The molecule has 0 aliphatic rings. The van der Waals surface area contributed by atoms with E-state index in [1.807, 2.05) is 18.2 Å². The molecule has 0 aromatic heterocycles. The second kappa shape index (κ2) is 7.12. The third-order valence-electron chi connectivity index (χ3n) is 3.79. The van der Waals surface area contributed by atoms with Gasteiger partial charge >= 0.3 is 0 Å². The predicted molar refractivity (Wildman–Crippen MR) is 91.7 cm³/mol. The van der Waals surface area contributed by atoms with Gasteiger partial charge < -0.3 is 5.11 Å². The summed E-state index contributed by atoms with van der Waals surface area (Å²) in [6.45, 7) is 8.41. The van der Waals surface area contributed by atoms with Crippen molar-refractivity contribution in [3.63, 3.8) is 0 Å². The number of hydrogen-bond donors (Lipinski definition) is 1. The lowest BCUT2D eigenvalue weighted by Gasteiger charge is -2.10. The molecule has 0 bridgehead atoms. The van der Waals surface area contributed by atoms with E-state index in [0.717, 1.165) is 36.6 Å². The lowest BCUT2D eigenvalue weighted by molar-refractivity contribution is 0.469. The highest BCUT2D eigenvalue weighted by Gasteiger charge is 2.07. The minimum atomic E-state index is 0.394. The van der Waals surface area contributed by atoms with Crippen molar-refractivity contribution in [2.75, 3.05) is 0 Å². The second-order valence-corrected chi connectivity index (χ2v) is 5.85. The zero-order valence-corrected chi connectivity index (χ0v) is 13.0. The van der Waals surface area contributed by atoms with Crippen molar-refractivity contribution in [2.45, 2.75) is 39.5 Å². The summed E-state index contributed by atoms with van der Waals surface area (Å²) >= 11 is 0. The zero-order valence-electron chi connectivity index (χ0n) is 13.0. The molecule has 0 radical (unpaired) electrons. The quantitative estimate of drug-likeness (QED) is 0.665. The van der Waals surface area contributed by atoms with E-state index in [4.69, 9.17) is 0 Å². The molecular weight excluding hydrogens is 256 g/mol. The van der Waals surface area contributed by atoms with Crippen LogP contribution >= 0.6 is 0 Å². The Hall–Kier alpha value is -2.02. The van der Waals surface area contributed by atoms with Crippen LogP contribution in [0.5, 0.6) is 5.75 Å². The van der Waals surface area contributed by atoms with Crippen molar-refractivity contribution >= 4 is 10.8 Å². The van der Waals surface area contributed by atoms with Gasteiger partial charge in [-0.3, -0.25) is 0 Å². The zero-order chi connectivity index (χ0) is 15.2. The minimum absolute atomic E-state index is 0.394. The third-order valence-corrected chi connectivity index (χ3v) is 3.79. The van der Waals surface area contributed by atoms with Gasteiger partial charge in [0.15, 0.2) is 0 Å². The van der Waals surface area contributed by atoms with E-state index in [-0.39, 0.29) is 0 Å². The SMILES string of the molecule is C=C(CCC=C(C)C)CCc1c(O)ccc2ccccc12. The summed E-state index contributed by atoms with van der Waals surface area (Å²) in [6.07, 6.45) is 6.11. The third kappa shape index (κ3) is 4.22. The summed E-state index contributed by atoms with van der Waals surface area (Å²) in [6, 6.07) is 12.0. The fourth-order valence-corrected chi connectivity index (χ4v) is 2.58. The summed E-state index contributed by atoms with van der Waals surface area (Å²) in [5.41, 5.74) is 3.64. The number of allylic oxidation sites excluding steroid dienone is 3. The van der Waals surface area contributed by atoms with E-state index in [9.17, 15) is 5.11 Å². The minimum Gasteiger partial charge on any atom is -0.508 e. The Kier molecular flexibility index (Phi) is 5.21. The normalized spacial score (nSPS) is 10.6. The lowest BCUT2D eigenvalue weighted by Crippen LogP contribution is -1.91. The number of phenols is 1. The lowest BCUT2D eigenvalue weighted by atomic mass is 9.96. The summed E-state index contributed by atoms with van der Waals surface area (Å²) < 4.78 is 0. The molecule has 1 N–H and O–H groups in total.